The maximum Gasteiger partial charge on any atom is 0.219 e. The number of fused-ring (bicyclic) bond motifs is 1. The summed E-state index contributed by atoms with van der Waals surface area (Å²) in [7, 11) is 1.71. The van der Waals surface area contributed by atoms with E-state index >= 15 is 0 Å². The van der Waals surface area contributed by atoms with E-state index < -0.39 is 11.6 Å². The number of benzene rings is 1. The molecule has 0 aliphatic carbocycles. The number of carbonyl (C=O) groups excluding carboxylic acids is 1. The minimum absolute atomic E-state index is 0.00994. The summed E-state index contributed by atoms with van der Waals surface area (Å²) >= 11 is 1.42. The molecule has 0 radical (unpaired) electrons. The smallest absolute Gasteiger partial charge is 0.219 e. The fourth-order valence-corrected chi connectivity index (χ4v) is 4.08. The third kappa shape index (κ3) is 3.52. The molecule has 3 heterocycles. The lowest BCUT2D eigenvalue weighted by Crippen LogP contribution is -2.22. The van der Waals surface area contributed by atoms with E-state index in [-0.39, 0.29) is 22.8 Å². The molecule has 0 atom stereocenters. The van der Waals surface area contributed by atoms with Crippen molar-refractivity contribution in [2.45, 2.75) is 20.4 Å². The van der Waals surface area contributed by atoms with Crippen LogP contribution in [0.25, 0.3) is 21.8 Å². The first-order valence-electron chi connectivity index (χ1n) is 8.80. The fraction of sp³-hybridized carbons (Fsp3) is 0.211. The zero-order chi connectivity index (χ0) is 20.7. The number of halogens is 2. The van der Waals surface area contributed by atoms with Crippen LogP contribution < -0.4 is 16.4 Å². The van der Waals surface area contributed by atoms with Gasteiger partial charge in [0, 0.05) is 19.5 Å². The third-order valence-electron chi connectivity index (χ3n) is 4.60. The zero-order valence-corrected chi connectivity index (χ0v) is 16.7. The summed E-state index contributed by atoms with van der Waals surface area (Å²) in [5.41, 5.74) is 9.35. The lowest BCUT2D eigenvalue weighted by Gasteiger charge is -2.11. The topological polar surface area (TPSA) is 82.2 Å². The van der Waals surface area contributed by atoms with Gasteiger partial charge in [-0.3, -0.25) is 15.6 Å². The van der Waals surface area contributed by atoms with Gasteiger partial charge < -0.3 is 4.90 Å². The number of thiazole rings is 1. The summed E-state index contributed by atoms with van der Waals surface area (Å²) in [6.07, 6.45) is 0. The number of aryl methyl sites for hydroxylation is 1. The summed E-state index contributed by atoms with van der Waals surface area (Å²) in [6, 6.07) is 6.29. The molecule has 10 heteroatoms. The van der Waals surface area contributed by atoms with E-state index in [9.17, 15) is 13.6 Å². The molecule has 0 fully saturated rings. The van der Waals surface area contributed by atoms with Crippen molar-refractivity contribution >= 4 is 28.6 Å². The van der Waals surface area contributed by atoms with E-state index in [0.717, 1.165) is 21.6 Å². The molecule has 1 aliphatic rings. The number of carbonyl (C=O) groups is 1. The standard InChI is InChI=1S/C19H18F2N6OS/c1-9-19(29-15(22-9)8-27(3)10(2)28)14-6-4-5-13(23-14)11-7-12(20)17-18(16(11)21)25-26-24-17/h4-7,24-26H,8H2,1-3H3. The van der Waals surface area contributed by atoms with Gasteiger partial charge in [-0.05, 0) is 25.1 Å². The van der Waals surface area contributed by atoms with Crippen LogP contribution in [-0.2, 0) is 11.3 Å². The van der Waals surface area contributed by atoms with Gasteiger partial charge in [-0.1, -0.05) is 6.07 Å². The SMILES string of the molecule is CC(=O)N(C)Cc1nc(C)c(-c2cccc(-c3cc(F)c4c(c3F)NNN4)n2)s1. The first-order chi connectivity index (χ1) is 13.8. The van der Waals surface area contributed by atoms with Gasteiger partial charge in [-0.15, -0.1) is 16.9 Å². The lowest BCUT2D eigenvalue weighted by atomic mass is 10.1. The number of anilines is 2. The van der Waals surface area contributed by atoms with Crippen molar-refractivity contribution < 1.29 is 13.6 Å². The minimum Gasteiger partial charge on any atom is -0.339 e. The average Bonchev–Trinajstić information content (AvgIpc) is 3.32. The van der Waals surface area contributed by atoms with Crippen LogP contribution in [0.3, 0.4) is 0 Å². The number of nitrogens with one attached hydrogen (secondary N) is 3. The highest BCUT2D eigenvalue weighted by Crippen LogP contribution is 2.37. The van der Waals surface area contributed by atoms with Crippen molar-refractivity contribution in [2.24, 2.45) is 0 Å². The van der Waals surface area contributed by atoms with Crippen molar-refractivity contribution in [3.05, 3.63) is 46.6 Å². The lowest BCUT2D eigenvalue weighted by molar-refractivity contribution is -0.128. The maximum atomic E-state index is 14.9. The van der Waals surface area contributed by atoms with E-state index in [0.29, 0.717) is 17.9 Å². The van der Waals surface area contributed by atoms with Gasteiger partial charge in [0.25, 0.3) is 0 Å². The second-order valence-electron chi connectivity index (χ2n) is 6.65. The van der Waals surface area contributed by atoms with Crippen LogP contribution in [0.5, 0.6) is 0 Å². The Bertz CT molecular complexity index is 1120. The Morgan fingerprint density at radius 3 is 2.66 bits per heavy atom. The molecule has 0 saturated heterocycles. The Morgan fingerprint density at radius 1 is 1.17 bits per heavy atom. The third-order valence-corrected chi connectivity index (χ3v) is 5.76. The number of hydrogen-bond donors (Lipinski definition) is 3. The summed E-state index contributed by atoms with van der Waals surface area (Å²) in [5, 5.41) is 0.776. The number of pyridine rings is 1. The Morgan fingerprint density at radius 2 is 1.90 bits per heavy atom. The molecule has 1 amide bonds. The van der Waals surface area contributed by atoms with E-state index in [1.54, 1.807) is 30.1 Å². The van der Waals surface area contributed by atoms with Crippen molar-refractivity contribution in [3.63, 3.8) is 0 Å². The highest BCUT2D eigenvalue weighted by molar-refractivity contribution is 7.15. The van der Waals surface area contributed by atoms with Gasteiger partial charge in [0.05, 0.1) is 28.5 Å². The van der Waals surface area contributed by atoms with Gasteiger partial charge in [0.15, 0.2) is 11.6 Å². The van der Waals surface area contributed by atoms with Crippen LogP contribution >= 0.6 is 11.3 Å². The molecule has 4 rings (SSSR count). The van der Waals surface area contributed by atoms with Gasteiger partial charge in [0.2, 0.25) is 5.91 Å². The molecule has 150 valence electrons. The van der Waals surface area contributed by atoms with Crippen LogP contribution in [0.1, 0.15) is 17.6 Å². The second-order valence-corrected chi connectivity index (χ2v) is 7.73. The number of hydrogen-bond acceptors (Lipinski definition) is 7. The molecule has 1 aromatic carbocycles. The molecule has 1 aliphatic heterocycles. The molecular formula is C19H18F2N6OS. The number of amides is 1. The van der Waals surface area contributed by atoms with Crippen LogP contribution in [0.4, 0.5) is 20.2 Å². The van der Waals surface area contributed by atoms with Gasteiger partial charge in [-0.25, -0.2) is 18.7 Å². The number of nitrogens with zero attached hydrogens (tertiary/aromatic N) is 3. The van der Waals surface area contributed by atoms with Crippen molar-refractivity contribution in [1.29, 1.82) is 0 Å². The van der Waals surface area contributed by atoms with E-state index in [4.69, 9.17) is 0 Å². The van der Waals surface area contributed by atoms with Crippen LogP contribution in [0, 0.1) is 18.6 Å². The normalized spacial score (nSPS) is 12.3. The monoisotopic (exact) mass is 416 g/mol. The van der Waals surface area contributed by atoms with E-state index in [1.165, 1.54) is 18.3 Å². The summed E-state index contributed by atoms with van der Waals surface area (Å²) < 4.78 is 29.2. The predicted octanol–water partition coefficient (Wildman–Crippen LogP) is 3.69. The minimum atomic E-state index is -0.603. The highest BCUT2D eigenvalue weighted by Gasteiger charge is 2.24. The largest absolute Gasteiger partial charge is 0.339 e. The maximum absolute atomic E-state index is 14.9. The Labute approximate surface area is 169 Å². The van der Waals surface area contributed by atoms with Gasteiger partial charge in [0.1, 0.15) is 16.4 Å². The number of rotatable bonds is 4. The van der Waals surface area contributed by atoms with Crippen molar-refractivity contribution in [1.82, 2.24) is 20.4 Å². The highest BCUT2D eigenvalue weighted by atomic mass is 32.1. The summed E-state index contributed by atoms with van der Waals surface area (Å²) in [6.45, 7) is 3.75. The Balaban J connectivity index is 1.72. The Hall–Kier alpha value is -3.11. The summed E-state index contributed by atoms with van der Waals surface area (Å²) in [5.74, 6) is -1.25. The number of aromatic nitrogens is 2. The zero-order valence-electron chi connectivity index (χ0n) is 15.9. The fourth-order valence-electron chi connectivity index (χ4n) is 2.99. The van der Waals surface area contributed by atoms with Crippen molar-refractivity contribution in [3.8, 4) is 21.8 Å². The molecule has 0 bridgehead atoms. The molecule has 3 N–H and O–H groups in total. The molecule has 3 aromatic rings. The van der Waals surface area contributed by atoms with Crippen LogP contribution in [0.2, 0.25) is 0 Å². The predicted molar refractivity (Wildman–Crippen MR) is 108 cm³/mol. The van der Waals surface area contributed by atoms with Crippen LogP contribution in [0.15, 0.2) is 24.3 Å². The quantitative estimate of drug-likeness (QED) is 0.602. The first kappa shape index (κ1) is 19.2. The van der Waals surface area contributed by atoms with E-state index in [1.807, 2.05) is 6.92 Å². The molecule has 0 saturated carbocycles. The second kappa shape index (κ2) is 7.37. The van der Waals surface area contributed by atoms with E-state index in [2.05, 4.69) is 26.4 Å². The van der Waals surface area contributed by atoms with Gasteiger partial charge >= 0.3 is 0 Å². The number of hydrazine groups is 2. The molecule has 7 nitrogen and oxygen atoms in total. The summed E-state index contributed by atoms with van der Waals surface area (Å²) in [4.78, 5) is 22.9. The first-order valence-corrected chi connectivity index (χ1v) is 9.61. The van der Waals surface area contributed by atoms with Gasteiger partial charge in [-0.2, -0.15) is 0 Å². The van der Waals surface area contributed by atoms with Crippen molar-refractivity contribution in [2.75, 3.05) is 17.9 Å². The molecule has 29 heavy (non-hydrogen) atoms. The average molecular weight is 416 g/mol. The molecule has 2 aromatic heterocycles. The van der Waals surface area contributed by atoms with Crippen LogP contribution in [-0.4, -0.2) is 27.8 Å². The molecule has 0 unspecified atom stereocenters. The molecular weight excluding hydrogens is 398 g/mol. The Kier molecular flexibility index (Phi) is 4.89. The molecule has 0 spiro atoms.